The summed E-state index contributed by atoms with van der Waals surface area (Å²) in [5, 5.41) is 0. The minimum Gasteiger partial charge on any atom is -0.332 e. The molecule has 0 unspecified atom stereocenters. The predicted molar refractivity (Wildman–Crippen MR) is 43.0 cm³/mol. The number of amides is 1. The molecule has 2 rings (SSSR count). The Balaban J connectivity index is 2.23. The van der Waals surface area contributed by atoms with Gasteiger partial charge in [-0.25, -0.2) is 0 Å². The maximum Gasteiger partial charge on any atom is 0.227 e. The molecule has 0 aromatic heterocycles. The van der Waals surface area contributed by atoms with E-state index in [0.29, 0.717) is 12.5 Å². The fourth-order valence-electron chi connectivity index (χ4n) is 1.60. The number of hydrogen-bond donors (Lipinski definition) is 0. The average molecular weight is 149 g/mol. The second-order valence-corrected chi connectivity index (χ2v) is 2.95. The molecular formula is C9H11NO. The van der Waals surface area contributed by atoms with Crippen molar-refractivity contribution in [2.75, 3.05) is 6.54 Å². The van der Waals surface area contributed by atoms with Crippen LogP contribution >= 0.6 is 0 Å². The smallest absolute Gasteiger partial charge is 0.227 e. The molecule has 0 N–H and O–H groups in total. The predicted octanol–water partition coefficient (Wildman–Crippen LogP) is 1.10. The van der Waals surface area contributed by atoms with E-state index in [1.54, 1.807) is 0 Å². The highest BCUT2D eigenvalue weighted by molar-refractivity contribution is 5.79. The van der Waals surface area contributed by atoms with E-state index < -0.39 is 0 Å². The molecule has 58 valence electrons. The Morgan fingerprint density at radius 2 is 2.27 bits per heavy atom. The van der Waals surface area contributed by atoms with Crippen LogP contribution in [-0.4, -0.2) is 23.4 Å². The summed E-state index contributed by atoms with van der Waals surface area (Å²) in [6, 6.07) is 0.348. The van der Waals surface area contributed by atoms with Crippen LogP contribution in [-0.2, 0) is 4.79 Å². The van der Waals surface area contributed by atoms with Crippen LogP contribution in [0, 0.1) is 0 Å². The van der Waals surface area contributed by atoms with E-state index in [1.165, 1.54) is 0 Å². The monoisotopic (exact) mass is 149 g/mol. The summed E-state index contributed by atoms with van der Waals surface area (Å²) in [5.41, 5.74) is 0. The summed E-state index contributed by atoms with van der Waals surface area (Å²) in [6.45, 7) is 0.799. The molecule has 0 spiro atoms. The maximum atomic E-state index is 11.3. The van der Waals surface area contributed by atoms with Gasteiger partial charge < -0.3 is 4.90 Å². The van der Waals surface area contributed by atoms with Gasteiger partial charge in [-0.15, -0.1) is 0 Å². The van der Waals surface area contributed by atoms with Crippen molar-refractivity contribution < 1.29 is 4.79 Å². The Morgan fingerprint density at radius 3 is 3.09 bits per heavy atom. The van der Waals surface area contributed by atoms with Crippen LogP contribution in [0.4, 0.5) is 0 Å². The van der Waals surface area contributed by atoms with E-state index in [9.17, 15) is 4.79 Å². The van der Waals surface area contributed by atoms with Gasteiger partial charge in [0.15, 0.2) is 0 Å². The van der Waals surface area contributed by atoms with Crippen molar-refractivity contribution >= 4 is 5.91 Å². The van der Waals surface area contributed by atoms with E-state index in [0.717, 1.165) is 13.0 Å². The normalized spacial score (nSPS) is 28.9. The summed E-state index contributed by atoms with van der Waals surface area (Å²) >= 11 is 0. The zero-order valence-corrected chi connectivity index (χ0v) is 6.36. The molecule has 0 saturated heterocycles. The Hall–Kier alpha value is -1.05. The number of rotatable bonds is 0. The lowest BCUT2D eigenvalue weighted by Crippen LogP contribution is -2.42. The highest BCUT2D eigenvalue weighted by Crippen LogP contribution is 2.17. The molecular weight excluding hydrogens is 138 g/mol. The van der Waals surface area contributed by atoms with Gasteiger partial charge in [0, 0.05) is 13.0 Å². The molecule has 0 aromatic rings. The van der Waals surface area contributed by atoms with Crippen molar-refractivity contribution in [3.05, 3.63) is 24.3 Å². The fraction of sp³-hybridized carbons (Fsp3) is 0.444. The van der Waals surface area contributed by atoms with E-state index in [2.05, 4.69) is 18.2 Å². The first-order valence-electron chi connectivity index (χ1n) is 3.99. The number of carbonyl (C=O) groups is 1. The molecule has 0 aliphatic carbocycles. The first-order chi connectivity index (χ1) is 5.38. The quantitative estimate of drug-likeness (QED) is 0.472. The average Bonchev–Trinajstić information content (AvgIpc) is 2.06. The van der Waals surface area contributed by atoms with Gasteiger partial charge in [-0.3, -0.25) is 4.79 Å². The fourth-order valence-corrected chi connectivity index (χ4v) is 1.60. The zero-order chi connectivity index (χ0) is 7.68. The van der Waals surface area contributed by atoms with Crippen molar-refractivity contribution in [3.63, 3.8) is 0 Å². The number of carbonyl (C=O) groups excluding carboxylic acids is 1. The molecule has 11 heavy (non-hydrogen) atoms. The van der Waals surface area contributed by atoms with E-state index in [4.69, 9.17) is 0 Å². The number of hydrogen-bond acceptors (Lipinski definition) is 1. The third kappa shape index (κ3) is 1.09. The molecule has 2 heteroatoms. The van der Waals surface area contributed by atoms with Gasteiger partial charge in [-0.05, 0) is 6.42 Å². The second-order valence-electron chi connectivity index (χ2n) is 2.95. The minimum absolute atomic E-state index is 0.266. The maximum absolute atomic E-state index is 11.3. The van der Waals surface area contributed by atoms with Crippen molar-refractivity contribution in [1.82, 2.24) is 4.90 Å². The third-order valence-corrected chi connectivity index (χ3v) is 2.22. The summed E-state index contributed by atoms with van der Waals surface area (Å²) in [5.74, 6) is 0.266. The second kappa shape index (κ2) is 2.53. The van der Waals surface area contributed by atoms with Crippen LogP contribution in [0.25, 0.3) is 0 Å². The van der Waals surface area contributed by atoms with E-state index in [1.807, 2.05) is 11.0 Å². The van der Waals surface area contributed by atoms with Crippen molar-refractivity contribution in [1.29, 1.82) is 0 Å². The van der Waals surface area contributed by atoms with Gasteiger partial charge in [-0.2, -0.15) is 0 Å². The van der Waals surface area contributed by atoms with Crippen LogP contribution in [0.5, 0.6) is 0 Å². The van der Waals surface area contributed by atoms with Crippen LogP contribution in [0.1, 0.15) is 12.8 Å². The lowest BCUT2D eigenvalue weighted by molar-refractivity contribution is -0.131. The molecule has 0 radical (unpaired) electrons. The SMILES string of the molecule is O=C1CC=C[C@@H]2CC=CCN12. The Kier molecular flexibility index (Phi) is 1.53. The van der Waals surface area contributed by atoms with Gasteiger partial charge in [0.2, 0.25) is 5.91 Å². The molecule has 1 atom stereocenters. The van der Waals surface area contributed by atoms with Crippen LogP contribution < -0.4 is 0 Å². The summed E-state index contributed by atoms with van der Waals surface area (Å²) in [6.07, 6.45) is 9.89. The molecule has 0 aromatic carbocycles. The molecule has 2 heterocycles. The molecule has 0 fully saturated rings. The molecule has 0 bridgehead atoms. The van der Waals surface area contributed by atoms with Crippen molar-refractivity contribution in [2.45, 2.75) is 18.9 Å². The molecule has 2 aliphatic rings. The standard InChI is InChI=1S/C9H11NO/c11-9-6-3-5-8-4-1-2-7-10(8)9/h1-3,5,8H,4,6-7H2/t8-/m0/s1. The van der Waals surface area contributed by atoms with Gasteiger partial charge in [0.05, 0.1) is 6.04 Å². The van der Waals surface area contributed by atoms with E-state index in [-0.39, 0.29) is 5.91 Å². The Bertz CT molecular complexity index is 230. The van der Waals surface area contributed by atoms with Crippen molar-refractivity contribution in [3.8, 4) is 0 Å². The topological polar surface area (TPSA) is 20.3 Å². The van der Waals surface area contributed by atoms with Gasteiger partial charge in [0.1, 0.15) is 0 Å². The van der Waals surface area contributed by atoms with Gasteiger partial charge in [-0.1, -0.05) is 24.3 Å². The molecule has 2 aliphatic heterocycles. The third-order valence-electron chi connectivity index (χ3n) is 2.22. The van der Waals surface area contributed by atoms with Gasteiger partial charge >= 0.3 is 0 Å². The largest absolute Gasteiger partial charge is 0.332 e. The molecule has 1 amide bonds. The Morgan fingerprint density at radius 1 is 1.36 bits per heavy atom. The first kappa shape index (κ1) is 6.65. The molecule has 0 saturated carbocycles. The lowest BCUT2D eigenvalue weighted by atomic mass is 10.0. The minimum atomic E-state index is 0.266. The van der Waals surface area contributed by atoms with Crippen molar-refractivity contribution in [2.24, 2.45) is 0 Å². The highest BCUT2D eigenvalue weighted by atomic mass is 16.2. The highest BCUT2D eigenvalue weighted by Gasteiger charge is 2.23. The van der Waals surface area contributed by atoms with Crippen LogP contribution in [0.15, 0.2) is 24.3 Å². The summed E-state index contributed by atoms with van der Waals surface area (Å²) < 4.78 is 0. The number of fused-ring (bicyclic) bond motifs is 1. The Labute approximate surface area is 66.2 Å². The van der Waals surface area contributed by atoms with E-state index >= 15 is 0 Å². The summed E-state index contributed by atoms with van der Waals surface area (Å²) in [7, 11) is 0. The molecule has 2 nitrogen and oxygen atoms in total. The number of nitrogens with zero attached hydrogens (tertiary/aromatic N) is 1. The van der Waals surface area contributed by atoms with Crippen LogP contribution in [0.2, 0.25) is 0 Å². The first-order valence-corrected chi connectivity index (χ1v) is 3.99. The lowest BCUT2D eigenvalue weighted by Gasteiger charge is -2.33. The zero-order valence-electron chi connectivity index (χ0n) is 6.36. The summed E-state index contributed by atoms with van der Waals surface area (Å²) in [4.78, 5) is 13.2. The van der Waals surface area contributed by atoms with Gasteiger partial charge in [0.25, 0.3) is 0 Å². The van der Waals surface area contributed by atoms with Crippen LogP contribution in [0.3, 0.4) is 0 Å².